The van der Waals surface area contributed by atoms with Crippen LogP contribution in [0.2, 0.25) is 0 Å². The summed E-state index contributed by atoms with van der Waals surface area (Å²) in [5, 5.41) is 6.55. The second-order valence-corrected chi connectivity index (χ2v) is 4.68. The molecule has 1 aromatic heterocycles. The molecule has 0 bridgehead atoms. The maximum atomic E-state index is 4.27. The van der Waals surface area contributed by atoms with E-state index in [4.69, 9.17) is 0 Å². The highest BCUT2D eigenvalue weighted by Gasteiger charge is 1.97. The molecule has 102 valence electrons. The fourth-order valence-electron chi connectivity index (χ4n) is 1.53. The number of hydrogen-bond donors (Lipinski definition) is 2. The number of nitrogens with one attached hydrogen (secondary N) is 2. The molecular weight excluding hydrogens is 226 g/mol. The quantitative estimate of drug-likeness (QED) is 0.649. The molecule has 1 heterocycles. The fraction of sp³-hybridized carbons (Fsp3) is 0.692. The predicted octanol–water partition coefficient (Wildman–Crippen LogP) is 1.34. The van der Waals surface area contributed by atoms with Gasteiger partial charge < -0.3 is 15.5 Å². The zero-order chi connectivity index (χ0) is 13.2. The van der Waals surface area contributed by atoms with Crippen molar-refractivity contribution in [1.82, 2.24) is 20.2 Å². The molecule has 1 rings (SSSR count). The van der Waals surface area contributed by atoms with Crippen molar-refractivity contribution < 1.29 is 0 Å². The van der Waals surface area contributed by atoms with Gasteiger partial charge in [0.15, 0.2) is 0 Å². The van der Waals surface area contributed by atoms with E-state index in [2.05, 4.69) is 46.5 Å². The van der Waals surface area contributed by atoms with Gasteiger partial charge in [0.25, 0.3) is 0 Å². The van der Waals surface area contributed by atoms with E-state index in [1.807, 2.05) is 12.4 Å². The van der Waals surface area contributed by atoms with Gasteiger partial charge in [0.2, 0.25) is 5.95 Å². The van der Waals surface area contributed by atoms with E-state index >= 15 is 0 Å². The van der Waals surface area contributed by atoms with E-state index in [0.29, 0.717) is 5.95 Å². The zero-order valence-corrected chi connectivity index (χ0v) is 11.7. The van der Waals surface area contributed by atoms with Gasteiger partial charge in [0.1, 0.15) is 0 Å². The van der Waals surface area contributed by atoms with Crippen LogP contribution in [-0.2, 0) is 6.54 Å². The molecule has 0 unspecified atom stereocenters. The van der Waals surface area contributed by atoms with Crippen molar-refractivity contribution in [2.24, 2.45) is 0 Å². The third-order valence-corrected chi connectivity index (χ3v) is 2.53. The highest BCUT2D eigenvalue weighted by atomic mass is 15.1. The van der Waals surface area contributed by atoms with Crippen molar-refractivity contribution in [3.63, 3.8) is 0 Å². The van der Waals surface area contributed by atoms with Crippen LogP contribution in [0.4, 0.5) is 5.95 Å². The van der Waals surface area contributed by atoms with Crippen molar-refractivity contribution in [2.45, 2.75) is 26.3 Å². The van der Waals surface area contributed by atoms with Crippen LogP contribution >= 0.6 is 0 Å². The molecule has 0 aliphatic rings. The van der Waals surface area contributed by atoms with Gasteiger partial charge in [-0.2, -0.15) is 0 Å². The maximum absolute atomic E-state index is 4.27. The summed E-state index contributed by atoms with van der Waals surface area (Å²) in [4.78, 5) is 10.7. The minimum atomic E-state index is 0.716. The fourth-order valence-corrected chi connectivity index (χ4v) is 1.53. The van der Waals surface area contributed by atoms with Gasteiger partial charge in [-0.1, -0.05) is 6.92 Å². The lowest BCUT2D eigenvalue weighted by molar-refractivity contribution is 0.394. The molecular formula is C13H25N5. The Labute approximate surface area is 110 Å². The molecule has 0 aromatic carbocycles. The molecule has 0 saturated heterocycles. The van der Waals surface area contributed by atoms with E-state index in [1.165, 1.54) is 0 Å². The van der Waals surface area contributed by atoms with Crippen molar-refractivity contribution in [3.05, 3.63) is 18.0 Å². The van der Waals surface area contributed by atoms with Gasteiger partial charge in [-0.25, -0.2) is 9.97 Å². The Bertz CT molecular complexity index is 310. The van der Waals surface area contributed by atoms with Gasteiger partial charge in [0, 0.05) is 31.0 Å². The van der Waals surface area contributed by atoms with Crippen LogP contribution in [0.25, 0.3) is 0 Å². The Morgan fingerprint density at radius 3 is 2.50 bits per heavy atom. The first kappa shape index (κ1) is 14.9. The van der Waals surface area contributed by atoms with Crippen LogP contribution in [0.3, 0.4) is 0 Å². The number of hydrogen-bond acceptors (Lipinski definition) is 5. The summed E-state index contributed by atoms with van der Waals surface area (Å²) in [6.07, 6.45) is 6.00. The maximum Gasteiger partial charge on any atom is 0.222 e. The third kappa shape index (κ3) is 6.51. The van der Waals surface area contributed by atoms with E-state index in [0.717, 1.165) is 44.6 Å². The van der Waals surface area contributed by atoms with Crippen LogP contribution < -0.4 is 10.6 Å². The van der Waals surface area contributed by atoms with Gasteiger partial charge in [-0.3, -0.25) is 0 Å². The zero-order valence-electron chi connectivity index (χ0n) is 11.7. The summed E-state index contributed by atoms with van der Waals surface area (Å²) in [5.41, 5.74) is 1.13. The lowest BCUT2D eigenvalue weighted by atomic mass is 10.3. The lowest BCUT2D eigenvalue weighted by Gasteiger charge is -2.09. The molecule has 18 heavy (non-hydrogen) atoms. The first-order chi connectivity index (χ1) is 8.72. The highest BCUT2D eigenvalue weighted by Crippen LogP contribution is 2.00. The minimum Gasteiger partial charge on any atom is -0.354 e. The summed E-state index contributed by atoms with van der Waals surface area (Å²) in [6, 6.07) is 0. The van der Waals surface area contributed by atoms with Gasteiger partial charge in [-0.05, 0) is 40.0 Å². The number of rotatable bonds is 9. The molecule has 0 saturated carbocycles. The molecule has 2 N–H and O–H groups in total. The second kappa shape index (κ2) is 8.83. The van der Waals surface area contributed by atoms with Crippen molar-refractivity contribution in [1.29, 1.82) is 0 Å². The van der Waals surface area contributed by atoms with Crippen molar-refractivity contribution >= 4 is 5.95 Å². The average Bonchev–Trinajstić information content (AvgIpc) is 2.37. The van der Waals surface area contributed by atoms with Crippen LogP contribution in [0.15, 0.2) is 12.4 Å². The van der Waals surface area contributed by atoms with E-state index < -0.39 is 0 Å². The lowest BCUT2D eigenvalue weighted by Crippen LogP contribution is -2.21. The molecule has 0 spiro atoms. The summed E-state index contributed by atoms with van der Waals surface area (Å²) < 4.78 is 0. The van der Waals surface area contributed by atoms with Gasteiger partial charge in [-0.15, -0.1) is 0 Å². The molecule has 5 heteroatoms. The Kier molecular flexibility index (Phi) is 7.29. The van der Waals surface area contributed by atoms with Crippen LogP contribution in [-0.4, -0.2) is 48.6 Å². The van der Waals surface area contributed by atoms with Gasteiger partial charge >= 0.3 is 0 Å². The van der Waals surface area contributed by atoms with Crippen molar-refractivity contribution in [3.8, 4) is 0 Å². The van der Waals surface area contributed by atoms with Crippen molar-refractivity contribution in [2.75, 3.05) is 39.0 Å². The van der Waals surface area contributed by atoms with E-state index in [9.17, 15) is 0 Å². The monoisotopic (exact) mass is 251 g/mol. The Hall–Kier alpha value is -1.20. The molecule has 5 nitrogen and oxygen atoms in total. The summed E-state index contributed by atoms with van der Waals surface area (Å²) >= 11 is 0. The molecule has 0 aliphatic heterocycles. The smallest absolute Gasteiger partial charge is 0.222 e. The first-order valence-corrected chi connectivity index (χ1v) is 6.62. The summed E-state index contributed by atoms with van der Waals surface area (Å²) in [6.45, 7) is 6.01. The molecule has 0 atom stereocenters. The topological polar surface area (TPSA) is 53.1 Å². The standard InChI is InChI=1S/C13H25N5/c1-4-6-15-13-16-10-12(11-17-13)9-14-7-5-8-18(2)3/h10-11,14H,4-9H2,1-3H3,(H,15,16,17). The summed E-state index contributed by atoms with van der Waals surface area (Å²) in [7, 11) is 4.19. The van der Waals surface area contributed by atoms with E-state index in [-0.39, 0.29) is 0 Å². The molecule has 0 radical (unpaired) electrons. The largest absolute Gasteiger partial charge is 0.354 e. The highest BCUT2D eigenvalue weighted by molar-refractivity contribution is 5.24. The second-order valence-electron chi connectivity index (χ2n) is 4.68. The van der Waals surface area contributed by atoms with E-state index in [1.54, 1.807) is 0 Å². The molecule has 0 amide bonds. The SMILES string of the molecule is CCCNc1ncc(CNCCCN(C)C)cn1. The van der Waals surface area contributed by atoms with Crippen LogP contribution in [0.1, 0.15) is 25.3 Å². The molecule has 0 fully saturated rings. The number of nitrogens with zero attached hydrogens (tertiary/aromatic N) is 3. The Morgan fingerprint density at radius 2 is 1.89 bits per heavy atom. The predicted molar refractivity (Wildman–Crippen MR) is 75.7 cm³/mol. The summed E-state index contributed by atoms with van der Waals surface area (Å²) in [5.74, 6) is 0.716. The average molecular weight is 251 g/mol. The first-order valence-electron chi connectivity index (χ1n) is 6.62. The third-order valence-electron chi connectivity index (χ3n) is 2.53. The Balaban J connectivity index is 2.18. The molecule has 1 aromatic rings. The number of aromatic nitrogens is 2. The minimum absolute atomic E-state index is 0.716. The Morgan fingerprint density at radius 1 is 1.17 bits per heavy atom. The molecule has 0 aliphatic carbocycles. The number of anilines is 1. The van der Waals surface area contributed by atoms with Crippen LogP contribution in [0.5, 0.6) is 0 Å². The van der Waals surface area contributed by atoms with Crippen LogP contribution in [0, 0.1) is 0 Å². The van der Waals surface area contributed by atoms with Gasteiger partial charge in [0.05, 0.1) is 0 Å². The normalized spacial score (nSPS) is 10.9.